The van der Waals surface area contributed by atoms with Crippen molar-refractivity contribution in [1.29, 1.82) is 0 Å². The van der Waals surface area contributed by atoms with Gasteiger partial charge in [0.1, 0.15) is 0 Å². The van der Waals surface area contributed by atoms with Gasteiger partial charge in [0.15, 0.2) is 0 Å². The van der Waals surface area contributed by atoms with Gasteiger partial charge in [-0.15, -0.1) is 0 Å². The number of nitrogens with zero attached hydrogens (tertiary/aromatic N) is 4. The molecule has 0 bridgehead atoms. The maximum absolute atomic E-state index is 13.2. The first-order chi connectivity index (χ1) is 17.5. The van der Waals surface area contributed by atoms with E-state index in [1.54, 1.807) is 0 Å². The summed E-state index contributed by atoms with van der Waals surface area (Å²) in [6.45, 7) is 6.19. The summed E-state index contributed by atoms with van der Waals surface area (Å²) in [7, 11) is 0. The Bertz CT molecular complexity index is 1150. The molecule has 10 nitrogen and oxygen atoms in total. The molecule has 1 aromatic heterocycles. The summed E-state index contributed by atoms with van der Waals surface area (Å²) < 4.78 is 11.1. The van der Waals surface area contributed by atoms with Crippen LogP contribution in [0.5, 0.6) is 0 Å². The molecule has 2 N–H and O–H groups in total. The minimum atomic E-state index is -0.179. The molecule has 1 aliphatic carbocycles. The van der Waals surface area contributed by atoms with Crippen molar-refractivity contribution in [2.24, 2.45) is 5.92 Å². The van der Waals surface area contributed by atoms with E-state index in [1.807, 2.05) is 29.2 Å². The van der Waals surface area contributed by atoms with Gasteiger partial charge in [-0.3, -0.25) is 4.79 Å². The second-order valence-corrected chi connectivity index (χ2v) is 10.1. The van der Waals surface area contributed by atoms with Crippen LogP contribution >= 0.6 is 0 Å². The normalized spacial score (nSPS) is 23.5. The highest BCUT2D eigenvalue weighted by atomic mass is 16.5. The fraction of sp³-hybridized carbons (Fsp3) is 0.538. The molecule has 3 fully saturated rings. The number of fused-ring (bicyclic) bond motifs is 1. The highest BCUT2D eigenvalue weighted by Crippen LogP contribution is 2.34. The van der Waals surface area contributed by atoms with Crippen molar-refractivity contribution in [2.45, 2.75) is 51.4 Å². The van der Waals surface area contributed by atoms with Crippen LogP contribution in [0.4, 0.5) is 16.4 Å². The zero-order valence-electron chi connectivity index (χ0n) is 20.5. The summed E-state index contributed by atoms with van der Waals surface area (Å²) in [5.74, 6) is 0.713. The lowest BCUT2D eigenvalue weighted by Gasteiger charge is -2.33. The molecule has 0 spiro atoms. The quantitative estimate of drug-likeness (QED) is 0.660. The third-order valence-corrected chi connectivity index (χ3v) is 7.31. The van der Waals surface area contributed by atoms with E-state index >= 15 is 0 Å². The van der Waals surface area contributed by atoms with Crippen molar-refractivity contribution in [3.8, 4) is 11.3 Å². The second-order valence-electron chi connectivity index (χ2n) is 10.1. The van der Waals surface area contributed by atoms with Gasteiger partial charge in [-0.05, 0) is 38.3 Å². The lowest BCUT2D eigenvalue weighted by molar-refractivity contribution is -0.136. The number of amides is 3. The molecule has 190 valence electrons. The Morgan fingerprint density at radius 3 is 2.53 bits per heavy atom. The first kappa shape index (κ1) is 23.2. The lowest BCUT2D eigenvalue weighted by Crippen LogP contribution is -2.44. The van der Waals surface area contributed by atoms with Gasteiger partial charge in [-0.2, -0.15) is 0 Å². The number of nitrogens with one attached hydrogen (secondary N) is 2. The van der Waals surface area contributed by atoms with Crippen LogP contribution in [0.2, 0.25) is 0 Å². The predicted molar refractivity (Wildman–Crippen MR) is 133 cm³/mol. The average Bonchev–Trinajstić information content (AvgIpc) is 3.34. The van der Waals surface area contributed by atoms with Crippen LogP contribution in [0, 0.1) is 5.92 Å². The van der Waals surface area contributed by atoms with Gasteiger partial charge in [0.2, 0.25) is 11.9 Å². The highest BCUT2D eigenvalue weighted by Gasteiger charge is 2.35. The van der Waals surface area contributed by atoms with Crippen molar-refractivity contribution in [3.63, 3.8) is 0 Å². The van der Waals surface area contributed by atoms with E-state index in [0.29, 0.717) is 51.5 Å². The molecule has 1 saturated carbocycles. The molecule has 2 saturated heterocycles. The SMILES string of the molecule is CC1COCCN1c1nc2c(c(-c3ccc(NC(=O)NC4CC4)cc3)n1)CN(C(=O)C1CCOC1)C2. The van der Waals surface area contributed by atoms with Gasteiger partial charge >= 0.3 is 6.03 Å². The molecule has 4 aliphatic rings. The van der Waals surface area contributed by atoms with Gasteiger partial charge in [-0.25, -0.2) is 14.8 Å². The molecular formula is C26H32N6O4. The Hall–Kier alpha value is -3.24. The number of urea groups is 1. The van der Waals surface area contributed by atoms with Gasteiger partial charge in [-0.1, -0.05) is 12.1 Å². The Labute approximate surface area is 210 Å². The molecule has 2 unspecified atom stereocenters. The van der Waals surface area contributed by atoms with Crippen LogP contribution in [0.15, 0.2) is 24.3 Å². The molecule has 4 heterocycles. The minimum Gasteiger partial charge on any atom is -0.381 e. The zero-order valence-corrected chi connectivity index (χ0v) is 20.5. The third-order valence-electron chi connectivity index (χ3n) is 7.31. The fourth-order valence-electron chi connectivity index (χ4n) is 5.07. The average molecular weight is 493 g/mol. The van der Waals surface area contributed by atoms with Crippen LogP contribution < -0.4 is 15.5 Å². The van der Waals surface area contributed by atoms with Gasteiger partial charge in [0.05, 0.1) is 56.3 Å². The van der Waals surface area contributed by atoms with Crippen molar-refractivity contribution in [2.75, 3.05) is 43.2 Å². The molecule has 1 aromatic carbocycles. The van der Waals surface area contributed by atoms with E-state index in [-0.39, 0.29) is 23.9 Å². The summed E-state index contributed by atoms with van der Waals surface area (Å²) in [6, 6.07) is 8.00. The van der Waals surface area contributed by atoms with Crippen LogP contribution in [-0.2, 0) is 27.4 Å². The number of benzene rings is 1. The molecule has 3 aliphatic heterocycles. The zero-order chi connectivity index (χ0) is 24.6. The number of hydrogen-bond donors (Lipinski definition) is 2. The second kappa shape index (κ2) is 9.67. The number of ether oxygens (including phenoxy) is 2. The van der Waals surface area contributed by atoms with E-state index in [4.69, 9.17) is 19.4 Å². The Kier molecular flexibility index (Phi) is 6.22. The number of carbonyl (C=O) groups excluding carboxylic acids is 2. The molecule has 10 heteroatoms. The van der Waals surface area contributed by atoms with E-state index in [1.165, 1.54) is 0 Å². The number of carbonyl (C=O) groups is 2. The van der Waals surface area contributed by atoms with Crippen LogP contribution in [-0.4, -0.2) is 71.9 Å². The van der Waals surface area contributed by atoms with Gasteiger partial charge in [0, 0.05) is 36.0 Å². The number of anilines is 2. The summed E-state index contributed by atoms with van der Waals surface area (Å²) in [4.78, 5) is 39.3. The number of hydrogen-bond acceptors (Lipinski definition) is 7. The molecule has 6 rings (SSSR count). The Morgan fingerprint density at radius 2 is 1.81 bits per heavy atom. The number of rotatable bonds is 5. The third kappa shape index (κ3) is 4.75. The predicted octanol–water partition coefficient (Wildman–Crippen LogP) is 2.53. The number of aromatic nitrogens is 2. The summed E-state index contributed by atoms with van der Waals surface area (Å²) in [5, 5.41) is 5.83. The summed E-state index contributed by atoms with van der Waals surface area (Å²) >= 11 is 0. The van der Waals surface area contributed by atoms with Crippen molar-refractivity contribution >= 4 is 23.6 Å². The molecular weight excluding hydrogens is 460 g/mol. The minimum absolute atomic E-state index is 0.0819. The van der Waals surface area contributed by atoms with Gasteiger partial charge in [0.25, 0.3) is 0 Å². The number of morpholine rings is 1. The first-order valence-electron chi connectivity index (χ1n) is 12.8. The van der Waals surface area contributed by atoms with E-state index in [2.05, 4.69) is 22.5 Å². The largest absolute Gasteiger partial charge is 0.381 e. The standard InChI is InChI=1S/C26H32N6O4/c1-16-14-36-11-9-32(16)25-29-22-13-31(24(33)18-8-10-35-15-18)12-21(22)23(30-25)17-2-4-19(5-3-17)27-26(34)28-20-6-7-20/h2-5,16,18,20H,6-15H2,1H3,(H2,27,28,34). The first-order valence-corrected chi connectivity index (χ1v) is 12.8. The van der Waals surface area contributed by atoms with E-state index < -0.39 is 0 Å². The Morgan fingerprint density at radius 1 is 1.00 bits per heavy atom. The molecule has 36 heavy (non-hydrogen) atoms. The maximum atomic E-state index is 13.2. The molecule has 2 aromatic rings. The molecule has 3 amide bonds. The smallest absolute Gasteiger partial charge is 0.319 e. The Balaban J connectivity index is 1.29. The topological polar surface area (TPSA) is 109 Å². The highest BCUT2D eigenvalue weighted by molar-refractivity contribution is 5.90. The monoisotopic (exact) mass is 492 g/mol. The maximum Gasteiger partial charge on any atom is 0.319 e. The van der Waals surface area contributed by atoms with E-state index in [0.717, 1.165) is 54.0 Å². The molecule has 0 radical (unpaired) electrons. The van der Waals surface area contributed by atoms with Crippen LogP contribution in [0.3, 0.4) is 0 Å². The van der Waals surface area contributed by atoms with E-state index in [9.17, 15) is 9.59 Å². The summed E-state index contributed by atoms with van der Waals surface area (Å²) in [6.07, 6.45) is 2.86. The van der Waals surface area contributed by atoms with Crippen molar-refractivity contribution in [3.05, 3.63) is 35.5 Å². The van der Waals surface area contributed by atoms with Crippen LogP contribution in [0.25, 0.3) is 11.3 Å². The molecule has 2 atom stereocenters. The fourth-order valence-corrected chi connectivity index (χ4v) is 5.07. The summed E-state index contributed by atoms with van der Waals surface area (Å²) in [5.41, 5.74) is 4.37. The van der Waals surface area contributed by atoms with Crippen molar-refractivity contribution < 1.29 is 19.1 Å². The van der Waals surface area contributed by atoms with Gasteiger partial charge < -0.3 is 29.9 Å². The lowest BCUT2D eigenvalue weighted by atomic mass is 10.0. The van der Waals surface area contributed by atoms with Crippen molar-refractivity contribution in [1.82, 2.24) is 20.2 Å². The van der Waals surface area contributed by atoms with Crippen LogP contribution in [0.1, 0.15) is 37.4 Å².